The molecule has 5 rings (SSSR count). The van der Waals surface area contributed by atoms with Crippen LogP contribution in [0.4, 0.5) is 10.4 Å². The monoisotopic (exact) mass is 549 g/mol. The Balaban J connectivity index is 1.24. The van der Waals surface area contributed by atoms with Crippen molar-refractivity contribution < 1.29 is 28.1 Å². The maximum atomic E-state index is 13.6. The van der Waals surface area contributed by atoms with Crippen molar-refractivity contribution in [1.29, 1.82) is 0 Å². The molecule has 2 N–H and O–H groups in total. The minimum Gasteiger partial charge on any atom is -0.493 e. The Labute approximate surface area is 233 Å². The number of ether oxygens (including phenoxy) is 3. The van der Waals surface area contributed by atoms with Gasteiger partial charge in [-0.1, -0.05) is 12.1 Å². The smallest absolute Gasteiger partial charge is 0.295 e. The molecule has 212 valence electrons. The highest BCUT2D eigenvalue weighted by Gasteiger charge is 2.23. The third kappa shape index (κ3) is 6.66. The van der Waals surface area contributed by atoms with Gasteiger partial charge in [0.15, 0.2) is 5.58 Å². The molecule has 3 aromatic carbocycles. The Kier molecular flexibility index (Phi) is 9.03. The fraction of sp³-hybridized carbons (Fsp3) is 0.387. The fourth-order valence-corrected chi connectivity index (χ4v) is 5.07. The number of oxazole rings is 1. The number of rotatable bonds is 12. The number of aromatic nitrogens is 1. The quantitative estimate of drug-likeness (QED) is 0.227. The highest BCUT2D eigenvalue weighted by Crippen LogP contribution is 2.40. The summed E-state index contributed by atoms with van der Waals surface area (Å²) >= 11 is 0. The van der Waals surface area contributed by atoms with Crippen LogP contribution in [0, 0.1) is 5.82 Å². The Morgan fingerprint density at radius 2 is 1.68 bits per heavy atom. The number of aliphatic hydroxyl groups excluding tert-OH is 1. The van der Waals surface area contributed by atoms with E-state index in [0.717, 1.165) is 66.2 Å². The summed E-state index contributed by atoms with van der Waals surface area (Å²) in [6, 6.07) is 16.8. The van der Waals surface area contributed by atoms with Crippen molar-refractivity contribution in [2.75, 3.05) is 44.8 Å². The Bertz CT molecular complexity index is 1370. The standard InChI is InChI=1S/C31H36FN3O5/c1-3-37-28-17-21(18-29(38-4-2)30(28)22-5-7-23(32)8-6-22)20-35-13-11-24(12-14-35)33-31-34-26-19-25(39-16-15-36)9-10-27(26)40-31/h5-10,17-19,24,36H,3-4,11-16,20H2,1-2H3,(H,33,34). The number of hydrogen-bond donors (Lipinski definition) is 2. The van der Waals surface area contributed by atoms with E-state index in [1.54, 1.807) is 12.1 Å². The first-order valence-corrected chi connectivity index (χ1v) is 13.9. The average molecular weight is 550 g/mol. The van der Waals surface area contributed by atoms with Gasteiger partial charge in [0.2, 0.25) is 0 Å². The number of nitrogens with zero attached hydrogens (tertiary/aromatic N) is 2. The topological polar surface area (TPSA) is 89.2 Å². The van der Waals surface area contributed by atoms with Crippen LogP contribution in [0.3, 0.4) is 0 Å². The molecule has 0 bridgehead atoms. The van der Waals surface area contributed by atoms with Crippen molar-refractivity contribution in [2.24, 2.45) is 0 Å². The van der Waals surface area contributed by atoms with Crippen LogP contribution < -0.4 is 19.5 Å². The molecule has 1 saturated heterocycles. The lowest BCUT2D eigenvalue weighted by molar-refractivity contribution is 0.201. The van der Waals surface area contributed by atoms with Gasteiger partial charge >= 0.3 is 0 Å². The molecule has 0 spiro atoms. The summed E-state index contributed by atoms with van der Waals surface area (Å²) in [7, 11) is 0. The molecule has 40 heavy (non-hydrogen) atoms. The third-order valence-corrected chi connectivity index (χ3v) is 6.90. The summed E-state index contributed by atoms with van der Waals surface area (Å²) in [5.74, 6) is 1.86. The van der Waals surface area contributed by atoms with Crippen LogP contribution in [0.25, 0.3) is 22.2 Å². The van der Waals surface area contributed by atoms with Crippen molar-refractivity contribution in [1.82, 2.24) is 9.88 Å². The SMILES string of the molecule is CCOc1cc(CN2CCC(Nc3nc4cc(OCCO)ccc4o3)CC2)cc(OCC)c1-c1ccc(F)cc1. The minimum atomic E-state index is -0.275. The lowest BCUT2D eigenvalue weighted by atomic mass is 9.99. The zero-order chi connectivity index (χ0) is 27.9. The molecule has 1 fully saturated rings. The number of halogens is 1. The number of piperidine rings is 1. The minimum absolute atomic E-state index is 0.0367. The Hall–Kier alpha value is -3.82. The molecule has 8 nitrogen and oxygen atoms in total. The third-order valence-electron chi connectivity index (χ3n) is 6.90. The molecule has 0 aliphatic carbocycles. The molecule has 0 saturated carbocycles. The van der Waals surface area contributed by atoms with Crippen LogP contribution in [0.1, 0.15) is 32.3 Å². The number of nitrogens with one attached hydrogen (secondary N) is 1. The molecule has 0 atom stereocenters. The van der Waals surface area contributed by atoms with Gasteiger partial charge in [-0.15, -0.1) is 0 Å². The molecule has 2 heterocycles. The molecular weight excluding hydrogens is 513 g/mol. The van der Waals surface area contributed by atoms with E-state index in [-0.39, 0.29) is 25.1 Å². The van der Waals surface area contributed by atoms with E-state index >= 15 is 0 Å². The fourth-order valence-electron chi connectivity index (χ4n) is 5.07. The summed E-state index contributed by atoms with van der Waals surface area (Å²) in [5.41, 5.74) is 4.23. The molecule has 1 aromatic heterocycles. The van der Waals surface area contributed by atoms with Gasteiger partial charge in [-0.3, -0.25) is 4.90 Å². The van der Waals surface area contributed by atoms with Crippen LogP contribution in [0.15, 0.2) is 59.0 Å². The summed E-state index contributed by atoms with van der Waals surface area (Å²) in [6.45, 7) is 7.78. The maximum Gasteiger partial charge on any atom is 0.295 e. The van der Waals surface area contributed by atoms with Gasteiger partial charge in [0.1, 0.15) is 35.2 Å². The maximum absolute atomic E-state index is 13.6. The largest absolute Gasteiger partial charge is 0.493 e. The van der Waals surface area contributed by atoms with Crippen LogP contribution in [-0.2, 0) is 6.54 Å². The average Bonchev–Trinajstić information content (AvgIpc) is 3.35. The number of hydrogen-bond acceptors (Lipinski definition) is 8. The van der Waals surface area contributed by atoms with E-state index in [0.29, 0.717) is 30.6 Å². The first-order chi connectivity index (χ1) is 19.6. The normalized spacial score (nSPS) is 14.4. The van der Waals surface area contributed by atoms with Gasteiger partial charge in [0.05, 0.1) is 25.4 Å². The molecule has 0 radical (unpaired) electrons. The lowest BCUT2D eigenvalue weighted by Gasteiger charge is -2.32. The molecule has 1 aliphatic rings. The molecule has 0 amide bonds. The summed E-state index contributed by atoms with van der Waals surface area (Å²) in [5, 5.41) is 12.4. The van der Waals surface area contributed by atoms with Crippen molar-refractivity contribution >= 4 is 17.1 Å². The number of anilines is 1. The molecule has 0 unspecified atom stereocenters. The summed E-state index contributed by atoms with van der Waals surface area (Å²) in [6.07, 6.45) is 1.90. The van der Waals surface area contributed by atoms with Crippen molar-refractivity contribution in [2.45, 2.75) is 39.3 Å². The first kappa shape index (κ1) is 27.7. The zero-order valence-corrected chi connectivity index (χ0v) is 23.0. The predicted molar refractivity (Wildman–Crippen MR) is 153 cm³/mol. The van der Waals surface area contributed by atoms with E-state index in [1.165, 1.54) is 12.1 Å². The lowest BCUT2D eigenvalue weighted by Crippen LogP contribution is -2.38. The van der Waals surface area contributed by atoms with Crippen molar-refractivity contribution in [3.63, 3.8) is 0 Å². The molecule has 1 aliphatic heterocycles. The van der Waals surface area contributed by atoms with E-state index in [9.17, 15) is 4.39 Å². The van der Waals surface area contributed by atoms with Crippen LogP contribution >= 0.6 is 0 Å². The number of fused-ring (bicyclic) bond motifs is 1. The van der Waals surface area contributed by atoms with E-state index in [1.807, 2.05) is 32.0 Å². The summed E-state index contributed by atoms with van der Waals surface area (Å²) in [4.78, 5) is 7.00. The first-order valence-electron chi connectivity index (χ1n) is 13.9. The van der Waals surface area contributed by atoms with Crippen LogP contribution in [0.5, 0.6) is 17.2 Å². The van der Waals surface area contributed by atoms with Gasteiger partial charge < -0.3 is 29.1 Å². The van der Waals surface area contributed by atoms with Gasteiger partial charge in [-0.2, -0.15) is 4.98 Å². The van der Waals surface area contributed by atoms with Gasteiger partial charge in [-0.25, -0.2) is 4.39 Å². The van der Waals surface area contributed by atoms with Gasteiger partial charge in [0, 0.05) is 31.7 Å². The highest BCUT2D eigenvalue weighted by atomic mass is 19.1. The van der Waals surface area contributed by atoms with Crippen LogP contribution in [0.2, 0.25) is 0 Å². The van der Waals surface area contributed by atoms with Crippen molar-refractivity contribution in [3.8, 4) is 28.4 Å². The molecule has 4 aromatic rings. The Morgan fingerprint density at radius 1 is 0.975 bits per heavy atom. The van der Waals surface area contributed by atoms with Crippen LogP contribution in [-0.4, -0.2) is 60.5 Å². The highest BCUT2D eigenvalue weighted by molar-refractivity contribution is 5.78. The number of benzene rings is 3. The second-order valence-electron chi connectivity index (χ2n) is 9.76. The molecular formula is C31H36FN3O5. The zero-order valence-electron chi connectivity index (χ0n) is 23.0. The van der Waals surface area contributed by atoms with E-state index in [2.05, 4.69) is 27.3 Å². The van der Waals surface area contributed by atoms with E-state index in [4.69, 9.17) is 23.7 Å². The van der Waals surface area contributed by atoms with Gasteiger partial charge in [0.25, 0.3) is 6.01 Å². The summed E-state index contributed by atoms with van der Waals surface area (Å²) < 4.78 is 37.0. The molecule has 9 heteroatoms. The second kappa shape index (κ2) is 13.0. The number of likely N-dealkylation sites (tertiary alicyclic amines) is 1. The predicted octanol–water partition coefficient (Wildman–Crippen LogP) is 5.88. The van der Waals surface area contributed by atoms with Crippen molar-refractivity contribution in [3.05, 3.63) is 66.0 Å². The Morgan fingerprint density at radius 3 is 2.33 bits per heavy atom. The van der Waals surface area contributed by atoms with E-state index < -0.39 is 0 Å². The second-order valence-corrected chi connectivity index (χ2v) is 9.76. The number of aliphatic hydroxyl groups is 1. The van der Waals surface area contributed by atoms with Gasteiger partial charge in [-0.05, 0) is 74.2 Å².